The Bertz CT molecular complexity index is 637. The van der Waals surface area contributed by atoms with Crippen LogP contribution in [0.1, 0.15) is 45.1 Å². The van der Waals surface area contributed by atoms with E-state index < -0.39 is 9.84 Å². The molecule has 3 atom stereocenters. The summed E-state index contributed by atoms with van der Waals surface area (Å²) in [6, 6.07) is 6.94. The van der Waals surface area contributed by atoms with Gasteiger partial charge in [0.05, 0.1) is 10.6 Å². The molecule has 0 radical (unpaired) electrons. The molecule has 1 saturated carbocycles. The molecule has 1 N–H and O–H groups in total. The molecule has 0 heterocycles. The first kappa shape index (κ1) is 18.0. The van der Waals surface area contributed by atoms with Crippen molar-refractivity contribution in [3.05, 3.63) is 29.8 Å². The van der Waals surface area contributed by atoms with E-state index in [0.29, 0.717) is 11.8 Å². The lowest BCUT2D eigenvalue weighted by molar-refractivity contribution is -0.122. The number of nitrogens with one attached hydrogen (secondary N) is 1. The van der Waals surface area contributed by atoms with E-state index in [1.807, 2.05) is 6.92 Å². The minimum atomic E-state index is -3.40. The second-order valence-electron chi connectivity index (χ2n) is 6.82. The number of carbonyl (C=O) groups excluding carboxylic acids is 1. The van der Waals surface area contributed by atoms with Gasteiger partial charge in [-0.15, -0.1) is 0 Å². The van der Waals surface area contributed by atoms with Crippen molar-refractivity contribution >= 4 is 15.7 Å². The Morgan fingerprint density at radius 1 is 1.17 bits per heavy atom. The average Bonchev–Trinajstić information content (AvgIpc) is 2.50. The maximum Gasteiger partial charge on any atom is 0.221 e. The summed E-state index contributed by atoms with van der Waals surface area (Å²) in [5.74, 6) is 0.747. The third-order valence-electron chi connectivity index (χ3n) is 5.03. The van der Waals surface area contributed by atoms with Gasteiger partial charge in [-0.2, -0.15) is 0 Å². The molecule has 1 aromatic carbocycles. The fourth-order valence-electron chi connectivity index (χ4n) is 3.16. The largest absolute Gasteiger partial charge is 0.353 e. The van der Waals surface area contributed by atoms with Crippen LogP contribution in [-0.2, 0) is 14.6 Å². The summed E-state index contributed by atoms with van der Waals surface area (Å²) in [5.41, 5.74) is 1.02. The quantitative estimate of drug-likeness (QED) is 0.898. The minimum Gasteiger partial charge on any atom is -0.353 e. The molecule has 128 valence electrons. The predicted octanol–water partition coefficient (Wildman–Crippen LogP) is 3.10. The zero-order chi connectivity index (χ0) is 17.0. The van der Waals surface area contributed by atoms with Gasteiger partial charge in [0.25, 0.3) is 0 Å². The molecule has 1 aliphatic rings. The Kier molecular flexibility index (Phi) is 5.84. The van der Waals surface area contributed by atoms with Gasteiger partial charge in [0.2, 0.25) is 5.91 Å². The maximum absolute atomic E-state index is 12.3. The van der Waals surface area contributed by atoms with E-state index in [0.717, 1.165) is 18.4 Å². The van der Waals surface area contributed by atoms with Crippen LogP contribution in [0.15, 0.2) is 29.2 Å². The van der Waals surface area contributed by atoms with E-state index in [2.05, 4.69) is 19.2 Å². The smallest absolute Gasteiger partial charge is 0.221 e. The van der Waals surface area contributed by atoms with E-state index >= 15 is 0 Å². The normalized spacial score (nSPS) is 25.1. The van der Waals surface area contributed by atoms with Gasteiger partial charge in [0, 0.05) is 12.5 Å². The standard InChI is InChI=1S/C18H27NO3S/c1-13-7-9-16(10-8-13)23(21,22)12-11-18(20)19-17-6-4-5-14(2)15(17)3/h7-10,14-15,17H,4-6,11-12H2,1-3H3,(H,19,20)/t14-,15+,17+/m1/s1. The molecule has 1 aromatic rings. The summed E-state index contributed by atoms with van der Waals surface area (Å²) in [6.45, 7) is 6.29. The van der Waals surface area contributed by atoms with Crippen molar-refractivity contribution in [2.24, 2.45) is 11.8 Å². The molecule has 1 aliphatic carbocycles. The van der Waals surface area contributed by atoms with Gasteiger partial charge in [-0.05, 0) is 37.3 Å². The highest BCUT2D eigenvalue weighted by atomic mass is 32.2. The molecule has 0 unspecified atom stereocenters. The van der Waals surface area contributed by atoms with Crippen molar-refractivity contribution in [1.29, 1.82) is 0 Å². The number of amides is 1. The molecule has 4 nitrogen and oxygen atoms in total. The molecule has 0 bridgehead atoms. The highest BCUT2D eigenvalue weighted by Crippen LogP contribution is 2.29. The zero-order valence-corrected chi connectivity index (χ0v) is 15.0. The number of aryl methyl sites for hydroxylation is 1. The second-order valence-corrected chi connectivity index (χ2v) is 8.93. The van der Waals surface area contributed by atoms with Gasteiger partial charge >= 0.3 is 0 Å². The predicted molar refractivity (Wildman–Crippen MR) is 92.0 cm³/mol. The topological polar surface area (TPSA) is 63.2 Å². The van der Waals surface area contributed by atoms with Crippen molar-refractivity contribution < 1.29 is 13.2 Å². The van der Waals surface area contributed by atoms with Crippen LogP contribution in [-0.4, -0.2) is 26.1 Å². The number of sulfone groups is 1. The number of hydrogen-bond donors (Lipinski definition) is 1. The fraction of sp³-hybridized carbons (Fsp3) is 0.611. The molecule has 2 rings (SSSR count). The van der Waals surface area contributed by atoms with Crippen LogP contribution in [0.25, 0.3) is 0 Å². The van der Waals surface area contributed by atoms with Crippen LogP contribution < -0.4 is 5.32 Å². The molecular formula is C18H27NO3S. The lowest BCUT2D eigenvalue weighted by atomic mass is 9.78. The van der Waals surface area contributed by atoms with Crippen molar-refractivity contribution in [3.63, 3.8) is 0 Å². The lowest BCUT2D eigenvalue weighted by Crippen LogP contribution is -2.44. The van der Waals surface area contributed by atoms with Gasteiger partial charge < -0.3 is 5.32 Å². The molecule has 0 spiro atoms. The minimum absolute atomic E-state index is 0.0216. The summed E-state index contributed by atoms with van der Waals surface area (Å²) in [4.78, 5) is 12.4. The number of hydrogen-bond acceptors (Lipinski definition) is 3. The van der Waals surface area contributed by atoms with E-state index in [4.69, 9.17) is 0 Å². The molecule has 0 aromatic heterocycles. The molecule has 1 fully saturated rings. The van der Waals surface area contributed by atoms with Gasteiger partial charge in [-0.3, -0.25) is 4.79 Å². The Balaban J connectivity index is 1.89. The molecule has 0 aliphatic heterocycles. The Morgan fingerprint density at radius 2 is 1.83 bits per heavy atom. The Hall–Kier alpha value is -1.36. The third kappa shape index (κ3) is 4.80. The summed E-state index contributed by atoms with van der Waals surface area (Å²) >= 11 is 0. The van der Waals surface area contributed by atoms with E-state index in [-0.39, 0.29) is 29.0 Å². The first-order valence-electron chi connectivity index (χ1n) is 8.38. The highest BCUT2D eigenvalue weighted by molar-refractivity contribution is 7.91. The third-order valence-corrected chi connectivity index (χ3v) is 6.76. The first-order chi connectivity index (χ1) is 10.8. The molecule has 1 amide bonds. The van der Waals surface area contributed by atoms with E-state index in [1.54, 1.807) is 24.3 Å². The van der Waals surface area contributed by atoms with Crippen molar-refractivity contribution in [2.45, 2.75) is 57.4 Å². The van der Waals surface area contributed by atoms with Crippen LogP contribution in [0.4, 0.5) is 0 Å². The van der Waals surface area contributed by atoms with E-state index in [1.165, 1.54) is 6.42 Å². The highest BCUT2D eigenvalue weighted by Gasteiger charge is 2.28. The molecular weight excluding hydrogens is 310 g/mol. The SMILES string of the molecule is Cc1ccc(S(=O)(=O)CCC(=O)N[C@H]2CCC[C@@H](C)[C@@H]2C)cc1. The van der Waals surface area contributed by atoms with Crippen molar-refractivity contribution in [2.75, 3.05) is 5.75 Å². The summed E-state index contributed by atoms with van der Waals surface area (Å²) in [7, 11) is -3.40. The van der Waals surface area contributed by atoms with Gasteiger partial charge in [-0.25, -0.2) is 8.42 Å². The first-order valence-corrected chi connectivity index (χ1v) is 10.0. The van der Waals surface area contributed by atoms with Crippen LogP contribution in [0.3, 0.4) is 0 Å². The zero-order valence-electron chi connectivity index (χ0n) is 14.2. The number of carbonyl (C=O) groups is 1. The lowest BCUT2D eigenvalue weighted by Gasteiger charge is -2.34. The molecule has 5 heteroatoms. The monoisotopic (exact) mass is 337 g/mol. The second kappa shape index (κ2) is 7.47. The maximum atomic E-state index is 12.3. The van der Waals surface area contributed by atoms with Crippen LogP contribution >= 0.6 is 0 Å². The average molecular weight is 337 g/mol. The van der Waals surface area contributed by atoms with Crippen LogP contribution in [0.2, 0.25) is 0 Å². The molecule has 23 heavy (non-hydrogen) atoms. The number of rotatable bonds is 5. The van der Waals surface area contributed by atoms with Gasteiger partial charge in [0.15, 0.2) is 9.84 Å². The Morgan fingerprint density at radius 3 is 2.48 bits per heavy atom. The van der Waals surface area contributed by atoms with Gasteiger partial charge in [0.1, 0.15) is 0 Å². The Labute approximate surface area is 139 Å². The number of benzene rings is 1. The van der Waals surface area contributed by atoms with Crippen molar-refractivity contribution in [1.82, 2.24) is 5.32 Å². The van der Waals surface area contributed by atoms with Crippen molar-refractivity contribution in [3.8, 4) is 0 Å². The van der Waals surface area contributed by atoms with Gasteiger partial charge in [-0.1, -0.05) is 44.4 Å². The summed E-state index contributed by atoms with van der Waals surface area (Å²) < 4.78 is 24.6. The summed E-state index contributed by atoms with van der Waals surface area (Å²) in [5, 5.41) is 3.03. The summed E-state index contributed by atoms with van der Waals surface area (Å²) in [6.07, 6.45) is 3.34. The van der Waals surface area contributed by atoms with E-state index in [9.17, 15) is 13.2 Å². The fourth-order valence-corrected chi connectivity index (χ4v) is 4.40. The van der Waals surface area contributed by atoms with Crippen LogP contribution in [0.5, 0.6) is 0 Å². The van der Waals surface area contributed by atoms with Crippen LogP contribution in [0, 0.1) is 18.8 Å². The molecule has 0 saturated heterocycles.